The average Bonchev–Trinajstić information content (AvgIpc) is 3.92. The van der Waals surface area contributed by atoms with Gasteiger partial charge in [0.25, 0.3) is 0 Å². The minimum atomic E-state index is -0.00342. The summed E-state index contributed by atoms with van der Waals surface area (Å²) in [6.07, 6.45) is 6.73. The van der Waals surface area contributed by atoms with E-state index in [2.05, 4.69) is 115 Å². The maximum absolute atomic E-state index is 6.58. The Kier molecular flexibility index (Phi) is 6.13. The fraction of sp³-hybridized carbons (Fsp3) is 0.189. The lowest BCUT2D eigenvalue weighted by molar-refractivity contribution is -0.0398. The monoisotopic (exact) mass is 747 g/mol. The Morgan fingerprint density at radius 2 is 0.931 bits per heavy atom. The van der Waals surface area contributed by atoms with E-state index in [0.717, 1.165) is 72.4 Å². The van der Waals surface area contributed by atoms with Gasteiger partial charge in [0.05, 0.1) is 11.1 Å². The van der Waals surface area contributed by atoms with Crippen molar-refractivity contribution in [2.75, 3.05) is 0 Å². The largest absolute Gasteiger partial charge is 0.455 e. The zero-order valence-electron chi connectivity index (χ0n) is 31.8. The van der Waals surface area contributed by atoms with Crippen LogP contribution in [0.1, 0.15) is 43.2 Å². The molecular weight excluding hydrogens is 711 g/mol. The third kappa shape index (κ3) is 4.13. The number of aromatic nitrogens is 3. The number of nitrogens with zero attached hydrogens (tertiary/aromatic N) is 3. The summed E-state index contributed by atoms with van der Waals surface area (Å²) in [5, 5.41) is 6.89. The van der Waals surface area contributed by atoms with Crippen LogP contribution in [0.4, 0.5) is 0 Å². The minimum Gasteiger partial charge on any atom is -0.455 e. The number of hydrogen-bond donors (Lipinski definition) is 0. The maximum atomic E-state index is 6.58. The second-order valence-corrected chi connectivity index (χ2v) is 17.5. The third-order valence-corrected chi connectivity index (χ3v) is 14.7. The van der Waals surface area contributed by atoms with Crippen LogP contribution in [0.2, 0.25) is 0 Å². The molecule has 5 aliphatic rings. The van der Waals surface area contributed by atoms with Crippen molar-refractivity contribution < 1.29 is 8.83 Å². The lowest BCUT2D eigenvalue weighted by Crippen LogP contribution is -2.55. The van der Waals surface area contributed by atoms with Gasteiger partial charge in [0.15, 0.2) is 17.5 Å². The van der Waals surface area contributed by atoms with Gasteiger partial charge in [-0.05, 0) is 131 Å². The highest BCUT2D eigenvalue weighted by molar-refractivity contribution is 6.10. The molecule has 15 rings (SSSR count). The van der Waals surface area contributed by atoms with E-state index in [1.807, 2.05) is 24.3 Å². The van der Waals surface area contributed by atoms with Crippen LogP contribution < -0.4 is 0 Å². The van der Waals surface area contributed by atoms with E-state index in [1.54, 1.807) is 5.56 Å². The number of para-hydroxylation sites is 4. The van der Waals surface area contributed by atoms with Gasteiger partial charge in [-0.3, -0.25) is 0 Å². The molecule has 4 fully saturated rings. The Labute approximate surface area is 334 Å². The summed E-state index contributed by atoms with van der Waals surface area (Å²) in [6, 6.07) is 50.0. The number of hydrogen-bond acceptors (Lipinski definition) is 5. The van der Waals surface area contributed by atoms with Crippen molar-refractivity contribution in [3.05, 3.63) is 151 Å². The van der Waals surface area contributed by atoms with Crippen molar-refractivity contribution >= 4 is 54.6 Å². The van der Waals surface area contributed by atoms with Crippen LogP contribution in [0.5, 0.6) is 0 Å². The van der Waals surface area contributed by atoms with E-state index in [0.29, 0.717) is 29.3 Å². The van der Waals surface area contributed by atoms with Gasteiger partial charge in [0, 0.05) is 32.5 Å². The topological polar surface area (TPSA) is 65.0 Å². The number of furan rings is 2. The quantitative estimate of drug-likeness (QED) is 0.180. The third-order valence-electron chi connectivity index (χ3n) is 14.7. The summed E-state index contributed by atoms with van der Waals surface area (Å²) in [7, 11) is 0. The molecule has 0 saturated heterocycles. The van der Waals surface area contributed by atoms with Gasteiger partial charge in [0.1, 0.15) is 22.3 Å². The fourth-order valence-corrected chi connectivity index (χ4v) is 12.6. The standard InChI is InChI=1S/C53H37N3O2/c1-2-10-32-27-45-43(26-31(32)9-1)36-20-19-33(28-44(36)53(45)34-22-29-21-30(24-34)25-35(53)23-29)50-54-51(41-15-7-13-39-37-11-3-5-17-46(37)57-48(39)41)56-52(55-50)42-16-8-14-40-38-12-4-6-18-47(38)58-49(40)42/h1-20,26-30,34-35H,21-25H2. The SMILES string of the molecule is c1ccc2cc3c(cc2c1)-c1ccc(-c2nc(-c4cccc5c4oc4ccccc45)nc(-c4cccc5c4oc4ccccc45)n2)cc1C31C2CC3CC(C2)CC1C3. The molecule has 5 heteroatoms. The Morgan fingerprint density at radius 3 is 1.55 bits per heavy atom. The molecule has 5 aliphatic carbocycles. The van der Waals surface area contributed by atoms with E-state index in [4.69, 9.17) is 23.8 Å². The molecule has 0 amide bonds. The molecule has 0 aliphatic heterocycles. The number of fused-ring (bicyclic) bond motifs is 10. The molecule has 3 aromatic heterocycles. The lowest BCUT2D eigenvalue weighted by Gasteiger charge is -2.61. The first kappa shape index (κ1) is 31.5. The minimum absolute atomic E-state index is 0.00342. The van der Waals surface area contributed by atoms with Gasteiger partial charge < -0.3 is 8.83 Å². The van der Waals surface area contributed by atoms with E-state index in [-0.39, 0.29) is 5.41 Å². The first-order valence-corrected chi connectivity index (χ1v) is 20.9. The number of rotatable bonds is 3. The summed E-state index contributed by atoms with van der Waals surface area (Å²) in [4.78, 5) is 16.0. The van der Waals surface area contributed by atoms with Gasteiger partial charge in [-0.1, -0.05) is 97.1 Å². The van der Waals surface area contributed by atoms with Crippen molar-refractivity contribution in [2.24, 2.45) is 23.7 Å². The molecule has 58 heavy (non-hydrogen) atoms. The van der Waals surface area contributed by atoms with Crippen LogP contribution in [0.25, 0.3) is 99.9 Å². The molecule has 276 valence electrons. The number of benzene rings is 7. The normalized spacial score (nSPS) is 22.9. The summed E-state index contributed by atoms with van der Waals surface area (Å²) < 4.78 is 13.2. The predicted octanol–water partition coefficient (Wildman–Crippen LogP) is 13.5. The van der Waals surface area contributed by atoms with Crippen molar-refractivity contribution in [1.82, 2.24) is 15.0 Å². The average molecular weight is 748 g/mol. The van der Waals surface area contributed by atoms with E-state index in [1.165, 1.54) is 59.6 Å². The molecule has 5 nitrogen and oxygen atoms in total. The zero-order valence-corrected chi connectivity index (χ0v) is 31.8. The van der Waals surface area contributed by atoms with E-state index < -0.39 is 0 Å². The highest BCUT2D eigenvalue weighted by atomic mass is 16.3. The van der Waals surface area contributed by atoms with Crippen molar-refractivity contribution in [3.63, 3.8) is 0 Å². The van der Waals surface area contributed by atoms with Crippen LogP contribution in [0.15, 0.2) is 148 Å². The van der Waals surface area contributed by atoms with Crippen molar-refractivity contribution in [2.45, 2.75) is 37.5 Å². The van der Waals surface area contributed by atoms with Gasteiger partial charge >= 0.3 is 0 Å². The second-order valence-electron chi connectivity index (χ2n) is 17.5. The predicted molar refractivity (Wildman–Crippen MR) is 231 cm³/mol. The Hall–Kier alpha value is -6.59. The molecule has 0 N–H and O–H groups in total. The molecular formula is C53H37N3O2. The Bertz CT molecular complexity index is 3230. The summed E-state index contributed by atoms with van der Waals surface area (Å²) in [6.45, 7) is 0. The van der Waals surface area contributed by atoms with Gasteiger partial charge in [-0.25, -0.2) is 15.0 Å². The molecule has 4 saturated carbocycles. The van der Waals surface area contributed by atoms with E-state index in [9.17, 15) is 0 Å². The Morgan fingerprint density at radius 1 is 0.414 bits per heavy atom. The van der Waals surface area contributed by atoms with Crippen LogP contribution >= 0.6 is 0 Å². The first-order chi connectivity index (χ1) is 28.7. The van der Waals surface area contributed by atoms with E-state index >= 15 is 0 Å². The summed E-state index contributed by atoms with van der Waals surface area (Å²) in [5.74, 6) is 4.82. The second kappa shape index (κ2) is 11.3. The molecule has 10 aromatic rings. The van der Waals surface area contributed by atoms with Gasteiger partial charge in [-0.15, -0.1) is 0 Å². The summed E-state index contributed by atoms with van der Waals surface area (Å²) in [5.41, 5.74) is 11.8. The maximum Gasteiger partial charge on any atom is 0.167 e. The van der Waals surface area contributed by atoms with Gasteiger partial charge in [0.2, 0.25) is 0 Å². The van der Waals surface area contributed by atoms with Crippen LogP contribution in [0.3, 0.4) is 0 Å². The summed E-state index contributed by atoms with van der Waals surface area (Å²) >= 11 is 0. The van der Waals surface area contributed by atoms with Crippen LogP contribution in [-0.4, -0.2) is 15.0 Å². The molecule has 1 spiro atoms. The van der Waals surface area contributed by atoms with Gasteiger partial charge in [-0.2, -0.15) is 0 Å². The lowest BCUT2D eigenvalue weighted by atomic mass is 9.43. The molecule has 0 radical (unpaired) electrons. The van der Waals surface area contributed by atoms with Crippen molar-refractivity contribution in [3.8, 4) is 45.3 Å². The molecule has 4 bridgehead atoms. The Balaban J connectivity index is 1.02. The zero-order chi connectivity index (χ0) is 37.7. The molecule has 0 unspecified atom stereocenters. The fourth-order valence-electron chi connectivity index (χ4n) is 12.6. The highest BCUT2D eigenvalue weighted by Crippen LogP contribution is 2.69. The van der Waals surface area contributed by atoms with Crippen molar-refractivity contribution in [1.29, 1.82) is 0 Å². The molecule has 0 atom stereocenters. The first-order valence-electron chi connectivity index (χ1n) is 20.9. The van der Waals surface area contributed by atoms with Crippen LogP contribution in [0, 0.1) is 23.7 Å². The smallest absolute Gasteiger partial charge is 0.167 e. The molecule has 3 heterocycles. The van der Waals surface area contributed by atoms with Crippen LogP contribution in [-0.2, 0) is 5.41 Å². The highest BCUT2D eigenvalue weighted by Gasteiger charge is 2.61. The molecule has 7 aromatic carbocycles.